The quantitative estimate of drug-likeness (QED) is 0.760. The van der Waals surface area contributed by atoms with Crippen molar-refractivity contribution in [3.05, 3.63) is 60.2 Å². The molecule has 1 amide bonds. The lowest BCUT2D eigenvalue weighted by atomic mass is 10.1. The maximum atomic E-state index is 12.5. The molecule has 0 radical (unpaired) electrons. The lowest BCUT2D eigenvalue weighted by Gasteiger charge is -2.10. The first kappa shape index (κ1) is 13.5. The zero-order valence-corrected chi connectivity index (χ0v) is 12.1. The highest BCUT2D eigenvalue weighted by Gasteiger charge is 2.16. The van der Waals surface area contributed by atoms with Crippen LogP contribution in [0.4, 0.5) is 5.69 Å². The van der Waals surface area contributed by atoms with Crippen molar-refractivity contribution in [1.82, 2.24) is 0 Å². The molecule has 3 aromatic carbocycles. The van der Waals surface area contributed by atoms with Crippen LogP contribution in [0.15, 0.2) is 54.6 Å². The van der Waals surface area contributed by atoms with Gasteiger partial charge in [-0.2, -0.15) is 0 Å². The summed E-state index contributed by atoms with van der Waals surface area (Å²) in [6.45, 7) is 0.170. The molecule has 114 valence electrons. The third kappa shape index (κ3) is 2.32. The molecule has 0 aliphatic carbocycles. The number of aromatic hydroxyl groups is 1. The van der Waals surface area contributed by atoms with E-state index in [1.54, 1.807) is 48.5 Å². The summed E-state index contributed by atoms with van der Waals surface area (Å²) < 4.78 is 10.5. The molecular formula is C18H13NO4. The van der Waals surface area contributed by atoms with Gasteiger partial charge < -0.3 is 19.9 Å². The molecule has 1 heterocycles. The van der Waals surface area contributed by atoms with Crippen molar-refractivity contribution in [2.75, 3.05) is 12.1 Å². The molecule has 5 nitrogen and oxygen atoms in total. The molecule has 4 rings (SSSR count). The summed E-state index contributed by atoms with van der Waals surface area (Å²) in [6.07, 6.45) is 0. The van der Waals surface area contributed by atoms with E-state index in [9.17, 15) is 9.90 Å². The predicted octanol–water partition coefficient (Wildman–Crippen LogP) is 3.53. The van der Waals surface area contributed by atoms with Gasteiger partial charge in [0.25, 0.3) is 5.91 Å². The Labute approximate surface area is 132 Å². The zero-order valence-electron chi connectivity index (χ0n) is 12.1. The fourth-order valence-electron chi connectivity index (χ4n) is 2.63. The van der Waals surface area contributed by atoms with E-state index in [1.165, 1.54) is 0 Å². The van der Waals surface area contributed by atoms with E-state index < -0.39 is 0 Å². The molecule has 0 bridgehead atoms. The number of carbonyl (C=O) groups is 1. The molecule has 3 aromatic rings. The van der Waals surface area contributed by atoms with Gasteiger partial charge >= 0.3 is 0 Å². The molecule has 0 saturated carbocycles. The number of phenols is 1. The third-order valence-electron chi connectivity index (χ3n) is 3.78. The van der Waals surface area contributed by atoms with Crippen molar-refractivity contribution >= 4 is 22.4 Å². The maximum absolute atomic E-state index is 12.5. The van der Waals surface area contributed by atoms with Crippen LogP contribution in [-0.4, -0.2) is 17.8 Å². The molecule has 0 fully saturated rings. The Bertz CT molecular complexity index is 920. The number of benzene rings is 3. The number of phenolic OH excluding ortho intramolecular Hbond substituents is 1. The van der Waals surface area contributed by atoms with Crippen molar-refractivity contribution in [2.24, 2.45) is 0 Å². The number of anilines is 1. The van der Waals surface area contributed by atoms with Gasteiger partial charge in [-0.15, -0.1) is 0 Å². The Morgan fingerprint density at radius 1 is 0.957 bits per heavy atom. The van der Waals surface area contributed by atoms with Crippen LogP contribution in [0.3, 0.4) is 0 Å². The number of ether oxygens (including phenoxy) is 2. The molecule has 0 unspecified atom stereocenters. The number of carbonyl (C=O) groups excluding carboxylic acids is 1. The number of hydrogen-bond acceptors (Lipinski definition) is 4. The molecule has 0 saturated heterocycles. The third-order valence-corrected chi connectivity index (χ3v) is 3.78. The predicted molar refractivity (Wildman–Crippen MR) is 86.1 cm³/mol. The molecule has 23 heavy (non-hydrogen) atoms. The Morgan fingerprint density at radius 3 is 2.65 bits per heavy atom. The minimum atomic E-state index is -0.251. The summed E-state index contributed by atoms with van der Waals surface area (Å²) in [5.41, 5.74) is 1.12. The van der Waals surface area contributed by atoms with Crippen molar-refractivity contribution in [3.8, 4) is 17.2 Å². The molecule has 1 aliphatic heterocycles. The molecule has 5 heteroatoms. The van der Waals surface area contributed by atoms with Crippen molar-refractivity contribution in [3.63, 3.8) is 0 Å². The number of rotatable bonds is 2. The Hall–Kier alpha value is -3.21. The van der Waals surface area contributed by atoms with Crippen LogP contribution in [-0.2, 0) is 0 Å². The van der Waals surface area contributed by atoms with Crippen LogP contribution in [0.1, 0.15) is 10.4 Å². The van der Waals surface area contributed by atoms with Gasteiger partial charge in [-0.25, -0.2) is 0 Å². The smallest absolute Gasteiger partial charge is 0.255 e. The van der Waals surface area contributed by atoms with Crippen LogP contribution < -0.4 is 14.8 Å². The summed E-state index contributed by atoms with van der Waals surface area (Å²) in [6, 6.07) is 15.7. The van der Waals surface area contributed by atoms with Crippen LogP contribution >= 0.6 is 0 Å². The van der Waals surface area contributed by atoms with Crippen molar-refractivity contribution < 1.29 is 19.4 Å². The van der Waals surface area contributed by atoms with E-state index in [4.69, 9.17) is 9.47 Å². The fourth-order valence-corrected chi connectivity index (χ4v) is 2.63. The van der Waals surface area contributed by atoms with Gasteiger partial charge in [0, 0.05) is 22.0 Å². The first-order chi connectivity index (χ1) is 11.2. The highest BCUT2D eigenvalue weighted by molar-refractivity contribution is 6.10. The summed E-state index contributed by atoms with van der Waals surface area (Å²) in [5.74, 6) is 1.13. The van der Waals surface area contributed by atoms with E-state index in [1.807, 2.05) is 6.07 Å². The summed E-state index contributed by atoms with van der Waals surface area (Å²) in [4.78, 5) is 12.5. The van der Waals surface area contributed by atoms with Crippen molar-refractivity contribution in [2.45, 2.75) is 0 Å². The maximum Gasteiger partial charge on any atom is 0.255 e. The minimum Gasteiger partial charge on any atom is -0.507 e. The highest BCUT2D eigenvalue weighted by atomic mass is 16.7. The van der Waals surface area contributed by atoms with Crippen LogP contribution in [0.5, 0.6) is 17.2 Å². The number of amides is 1. The molecule has 0 spiro atoms. The lowest BCUT2D eigenvalue weighted by Crippen LogP contribution is -2.12. The normalized spacial score (nSPS) is 12.3. The summed E-state index contributed by atoms with van der Waals surface area (Å²) in [7, 11) is 0. The van der Waals surface area contributed by atoms with Gasteiger partial charge in [0.15, 0.2) is 11.5 Å². The second kappa shape index (κ2) is 5.21. The SMILES string of the molecule is O=C(Nc1cccc2c(O)cccc12)c1ccc2c(c1)OCO2. The first-order valence-corrected chi connectivity index (χ1v) is 7.14. The lowest BCUT2D eigenvalue weighted by molar-refractivity contribution is 0.102. The van der Waals surface area contributed by atoms with Gasteiger partial charge in [-0.05, 0) is 30.3 Å². The van der Waals surface area contributed by atoms with Crippen molar-refractivity contribution in [1.29, 1.82) is 0 Å². The molecule has 0 aromatic heterocycles. The average Bonchev–Trinajstić information content (AvgIpc) is 3.03. The number of fused-ring (bicyclic) bond motifs is 2. The van der Waals surface area contributed by atoms with E-state index in [0.29, 0.717) is 28.1 Å². The van der Waals surface area contributed by atoms with E-state index in [0.717, 1.165) is 5.39 Å². The fraction of sp³-hybridized carbons (Fsp3) is 0.0556. The average molecular weight is 307 g/mol. The Kier molecular flexibility index (Phi) is 3.05. The highest BCUT2D eigenvalue weighted by Crippen LogP contribution is 2.33. The van der Waals surface area contributed by atoms with Gasteiger partial charge in [-0.1, -0.05) is 24.3 Å². The first-order valence-electron chi connectivity index (χ1n) is 7.14. The molecule has 1 aliphatic rings. The molecule has 0 atom stereocenters. The zero-order chi connectivity index (χ0) is 15.8. The van der Waals surface area contributed by atoms with Crippen LogP contribution in [0.2, 0.25) is 0 Å². The molecular weight excluding hydrogens is 294 g/mol. The topological polar surface area (TPSA) is 67.8 Å². The number of nitrogens with one attached hydrogen (secondary N) is 1. The van der Waals surface area contributed by atoms with Crippen LogP contribution in [0.25, 0.3) is 10.8 Å². The standard InChI is InChI=1S/C18H13NO4/c20-15-6-2-3-12-13(15)4-1-5-14(12)19-18(21)11-7-8-16-17(9-11)23-10-22-16/h1-9,20H,10H2,(H,19,21). The van der Waals surface area contributed by atoms with E-state index in [2.05, 4.69) is 5.32 Å². The van der Waals surface area contributed by atoms with E-state index in [-0.39, 0.29) is 18.4 Å². The van der Waals surface area contributed by atoms with E-state index >= 15 is 0 Å². The summed E-state index contributed by atoms with van der Waals surface area (Å²) in [5, 5.41) is 14.3. The van der Waals surface area contributed by atoms with Crippen LogP contribution in [0, 0.1) is 0 Å². The molecule has 2 N–H and O–H groups in total. The largest absolute Gasteiger partial charge is 0.507 e. The Balaban J connectivity index is 1.68. The monoisotopic (exact) mass is 307 g/mol. The summed E-state index contributed by atoms with van der Waals surface area (Å²) >= 11 is 0. The van der Waals surface area contributed by atoms with Gasteiger partial charge in [0.05, 0.1) is 0 Å². The Morgan fingerprint density at radius 2 is 1.74 bits per heavy atom. The number of hydrogen-bond donors (Lipinski definition) is 2. The second-order valence-corrected chi connectivity index (χ2v) is 5.20. The minimum absolute atomic E-state index is 0.170. The van der Waals surface area contributed by atoms with Gasteiger partial charge in [0.2, 0.25) is 6.79 Å². The second-order valence-electron chi connectivity index (χ2n) is 5.20. The van der Waals surface area contributed by atoms with Gasteiger partial charge in [0.1, 0.15) is 5.75 Å². The van der Waals surface area contributed by atoms with Gasteiger partial charge in [-0.3, -0.25) is 4.79 Å².